The molecule has 0 saturated heterocycles. The Morgan fingerprint density at radius 2 is 2.08 bits per heavy atom. The highest BCUT2D eigenvalue weighted by molar-refractivity contribution is 9.10. The van der Waals surface area contributed by atoms with E-state index in [-0.39, 0.29) is 12.4 Å². The molecule has 0 bridgehead atoms. The van der Waals surface area contributed by atoms with Crippen molar-refractivity contribution in [3.05, 3.63) is 28.7 Å². The van der Waals surface area contributed by atoms with Crippen molar-refractivity contribution in [3.8, 4) is 0 Å². The highest BCUT2D eigenvalue weighted by Gasteiger charge is 1.98. The van der Waals surface area contributed by atoms with Crippen LogP contribution in [0.5, 0.6) is 0 Å². The molecule has 0 saturated carbocycles. The topological polar surface area (TPSA) is 27.8 Å². The average Bonchev–Trinajstić information content (AvgIpc) is 2.46. The summed E-state index contributed by atoms with van der Waals surface area (Å²) >= 11 is 3.43. The molecule has 0 aliphatic carbocycles. The Morgan fingerprint density at radius 3 is 2.77 bits per heavy atom. The first-order valence-electron chi connectivity index (χ1n) is 3.75. The molecule has 0 fully saturated rings. The van der Waals surface area contributed by atoms with Gasteiger partial charge in [0.25, 0.3) is 0 Å². The summed E-state index contributed by atoms with van der Waals surface area (Å²) in [7, 11) is 1.90. The largest absolute Gasteiger partial charge is 0.375 e. The average molecular weight is 262 g/mol. The Balaban J connectivity index is 0.000000845. The number of anilines is 1. The van der Waals surface area contributed by atoms with Gasteiger partial charge in [0, 0.05) is 22.4 Å². The van der Waals surface area contributed by atoms with Crippen molar-refractivity contribution in [2.45, 2.75) is 0 Å². The van der Waals surface area contributed by atoms with Crippen LogP contribution >= 0.6 is 28.3 Å². The number of H-pyrrole nitrogens is 1. The van der Waals surface area contributed by atoms with Crippen molar-refractivity contribution < 1.29 is 0 Å². The summed E-state index contributed by atoms with van der Waals surface area (Å²) in [6, 6.07) is 8.26. The zero-order valence-electron chi connectivity index (χ0n) is 7.10. The molecule has 0 radical (unpaired) electrons. The molecule has 70 valence electrons. The predicted octanol–water partition coefficient (Wildman–Crippen LogP) is 3.39. The second-order valence-corrected chi connectivity index (χ2v) is 3.58. The van der Waals surface area contributed by atoms with Gasteiger partial charge in [0.05, 0.1) is 0 Å². The lowest BCUT2D eigenvalue weighted by atomic mass is 10.2. The molecule has 2 N–H and O–H groups in total. The molecule has 4 heteroatoms. The van der Waals surface area contributed by atoms with Gasteiger partial charge in [-0.15, -0.1) is 12.4 Å². The molecule has 2 rings (SSSR count). The molecule has 0 aliphatic heterocycles. The third kappa shape index (κ3) is 1.98. The first-order chi connectivity index (χ1) is 5.79. The Hall–Kier alpha value is -0.670. The zero-order chi connectivity index (χ0) is 8.55. The predicted molar refractivity (Wildman–Crippen MR) is 62.8 cm³/mol. The minimum absolute atomic E-state index is 0. The van der Waals surface area contributed by atoms with Crippen molar-refractivity contribution in [2.24, 2.45) is 0 Å². The number of hydrogen-bond donors (Lipinski definition) is 2. The van der Waals surface area contributed by atoms with Crippen LogP contribution in [0.15, 0.2) is 28.7 Å². The number of halogens is 2. The molecule has 2 aromatic rings. The summed E-state index contributed by atoms with van der Waals surface area (Å²) in [6.07, 6.45) is 0. The molecular weight excluding hydrogens is 251 g/mol. The first-order valence-corrected chi connectivity index (χ1v) is 4.55. The smallest absolute Gasteiger partial charge is 0.104 e. The van der Waals surface area contributed by atoms with E-state index in [1.54, 1.807) is 0 Å². The second-order valence-electron chi connectivity index (χ2n) is 2.66. The van der Waals surface area contributed by atoms with Crippen LogP contribution in [0.1, 0.15) is 0 Å². The number of rotatable bonds is 1. The van der Waals surface area contributed by atoms with Crippen molar-refractivity contribution >= 4 is 45.1 Å². The lowest BCUT2D eigenvalue weighted by Crippen LogP contribution is -1.85. The summed E-state index contributed by atoms with van der Waals surface area (Å²) in [5.41, 5.74) is 1.16. The standard InChI is InChI=1S/C9H9BrN2.ClH/c1-11-9-5-6-4-7(10)2-3-8(6)12-9;/h2-5,11-12H,1H3;1H. The molecule has 1 aromatic carbocycles. The summed E-state index contributed by atoms with van der Waals surface area (Å²) in [5.74, 6) is 1.04. The molecule has 0 amide bonds. The summed E-state index contributed by atoms with van der Waals surface area (Å²) in [4.78, 5) is 3.24. The maximum Gasteiger partial charge on any atom is 0.104 e. The Bertz CT molecular complexity index is 411. The lowest BCUT2D eigenvalue weighted by molar-refractivity contribution is 1.39. The number of aromatic nitrogens is 1. The number of fused-ring (bicyclic) bond motifs is 1. The molecule has 0 aliphatic rings. The summed E-state index contributed by atoms with van der Waals surface area (Å²) < 4.78 is 1.11. The van der Waals surface area contributed by atoms with Crippen LogP contribution in [0.3, 0.4) is 0 Å². The van der Waals surface area contributed by atoms with E-state index >= 15 is 0 Å². The van der Waals surface area contributed by atoms with Crippen molar-refractivity contribution in [2.75, 3.05) is 12.4 Å². The van der Waals surface area contributed by atoms with Gasteiger partial charge in [-0.05, 0) is 24.3 Å². The monoisotopic (exact) mass is 260 g/mol. The Labute approximate surface area is 91.3 Å². The highest BCUT2D eigenvalue weighted by Crippen LogP contribution is 2.22. The maximum atomic E-state index is 3.43. The van der Waals surface area contributed by atoms with Gasteiger partial charge in [0.1, 0.15) is 5.82 Å². The van der Waals surface area contributed by atoms with E-state index < -0.39 is 0 Å². The van der Waals surface area contributed by atoms with Crippen LogP contribution in [0.4, 0.5) is 5.82 Å². The van der Waals surface area contributed by atoms with E-state index in [9.17, 15) is 0 Å². The molecule has 2 nitrogen and oxygen atoms in total. The first kappa shape index (κ1) is 10.4. The summed E-state index contributed by atoms with van der Waals surface area (Å²) in [5, 5.41) is 4.28. The number of benzene rings is 1. The van der Waals surface area contributed by atoms with Crippen LogP contribution < -0.4 is 5.32 Å². The van der Waals surface area contributed by atoms with Crippen LogP contribution in [0.25, 0.3) is 10.9 Å². The van der Waals surface area contributed by atoms with E-state index in [1.807, 2.05) is 13.1 Å². The van der Waals surface area contributed by atoms with Crippen LogP contribution in [-0.2, 0) is 0 Å². The van der Waals surface area contributed by atoms with Crippen LogP contribution in [0.2, 0.25) is 0 Å². The molecule has 13 heavy (non-hydrogen) atoms. The fraction of sp³-hybridized carbons (Fsp3) is 0.111. The maximum absolute atomic E-state index is 3.43. The van der Waals surface area contributed by atoms with E-state index in [0.29, 0.717) is 0 Å². The number of aromatic amines is 1. The second kappa shape index (κ2) is 4.03. The minimum atomic E-state index is 0. The van der Waals surface area contributed by atoms with Gasteiger partial charge in [0.15, 0.2) is 0 Å². The van der Waals surface area contributed by atoms with Crippen LogP contribution in [-0.4, -0.2) is 12.0 Å². The minimum Gasteiger partial charge on any atom is -0.375 e. The van der Waals surface area contributed by atoms with E-state index in [2.05, 4.69) is 44.4 Å². The molecule has 0 atom stereocenters. The van der Waals surface area contributed by atoms with Crippen molar-refractivity contribution in [1.82, 2.24) is 4.98 Å². The van der Waals surface area contributed by atoms with Gasteiger partial charge in [0.2, 0.25) is 0 Å². The fourth-order valence-corrected chi connectivity index (χ4v) is 1.62. The third-order valence-corrected chi connectivity index (χ3v) is 2.35. The van der Waals surface area contributed by atoms with Gasteiger partial charge in [-0.25, -0.2) is 0 Å². The number of nitrogens with one attached hydrogen (secondary N) is 2. The SMILES string of the molecule is CNc1cc2cc(Br)ccc2[nH]1.Cl. The lowest BCUT2D eigenvalue weighted by Gasteiger charge is -1.90. The Morgan fingerprint density at radius 1 is 1.31 bits per heavy atom. The van der Waals surface area contributed by atoms with Crippen molar-refractivity contribution in [1.29, 1.82) is 0 Å². The molecule has 0 unspecified atom stereocenters. The van der Waals surface area contributed by atoms with Gasteiger partial charge >= 0.3 is 0 Å². The molecule has 0 spiro atoms. The fourth-order valence-electron chi connectivity index (χ4n) is 1.24. The quantitative estimate of drug-likeness (QED) is 0.809. The van der Waals surface area contributed by atoms with E-state index in [4.69, 9.17) is 0 Å². The van der Waals surface area contributed by atoms with Gasteiger partial charge in [-0.1, -0.05) is 15.9 Å². The molecule has 1 aromatic heterocycles. The summed E-state index contributed by atoms with van der Waals surface area (Å²) in [6.45, 7) is 0. The zero-order valence-corrected chi connectivity index (χ0v) is 9.50. The highest BCUT2D eigenvalue weighted by atomic mass is 79.9. The molecule has 1 heterocycles. The van der Waals surface area contributed by atoms with Gasteiger partial charge < -0.3 is 10.3 Å². The Kier molecular flexibility index (Phi) is 3.22. The van der Waals surface area contributed by atoms with Crippen LogP contribution in [0, 0.1) is 0 Å². The van der Waals surface area contributed by atoms with Gasteiger partial charge in [-0.2, -0.15) is 0 Å². The normalized spacial score (nSPS) is 9.69. The number of hydrogen-bond acceptors (Lipinski definition) is 1. The van der Waals surface area contributed by atoms with E-state index in [0.717, 1.165) is 15.8 Å². The third-order valence-electron chi connectivity index (χ3n) is 1.85. The molecular formula is C9H10BrClN2. The van der Waals surface area contributed by atoms with E-state index in [1.165, 1.54) is 5.39 Å². The van der Waals surface area contributed by atoms with Crippen molar-refractivity contribution in [3.63, 3.8) is 0 Å². The van der Waals surface area contributed by atoms with Gasteiger partial charge in [-0.3, -0.25) is 0 Å².